The van der Waals surface area contributed by atoms with Gasteiger partial charge in [-0.05, 0) is 39.4 Å². The fourth-order valence-corrected chi connectivity index (χ4v) is 1.01. The maximum Gasteiger partial charge on any atom is -0.00183 e. The Labute approximate surface area is 45.3 Å². The quantitative estimate of drug-likeness (QED) is 0.471. The van der Waals surface area contributed by atoms with Crippen LogP contribution in [-0.2, 0) is 0 Å². The molecule has 1 aliphatic heterocycles. The molecule has 0 aliphatic carbocycles. The molecule has 1 aliphatic rings. The molecule has 0 amide bonds. The molecule has 0 N–H and O–H groups in total. The van der Waals surface area contributed by atoms with Crippen molar-refractivity contribution in [3.05, 3.63) is 6.92 Å². The first-order valence-electron chi connectivity index (χ1n) is 2.95. The lowest BCUT2D eigenvalue weighted by Crippen LogP contribution is -2.17. The van der Waals surface area contributed by atoms with Crippen LogP contribution in [0.2, 0.25) is 0 Å². The van der Waals surface area contributed by atoms with E-state index in [1.54, 1.807) is 0 Å². The Kier molecular flexibility index (Phi) is 1.69. The average Bonchev–Trinajstić information content (AvgIpc) is 2.14. The van der Waals surface area contributed by atoms with E-state index < -0.39 is 0 Å². The zero-order valence-electron chi connectivity index (χ0n) is 4.69. The summed E-state index contributed by atoms with van der Waals surface area (Å²) in [4.78, 5) is 2.38. The molecule has 0 spiro atoms. The lowest BCUT2D eigenvalue weighted by Gasteiger charge is -2.08. The lowest BCUT2D eigenvalue weighted by molar-refractivity contribution is 0.376. The molecule has 1 radical (unpaired) electrons. The van der Waals surface area contributed by atoms with E-state index in [4.69, 9.17) is 0 Å². The number of hydrogen-bond donors (Lipinski definition) is 0. The summed E-state index contributed by atoms with van der Waals surface area (Å²) >= 11 is 0. The van der Waals surface area contributed by atoms with E-state index in [1.165, 1.54) is 25.9 Å². The van der Waals surface area contributed by atoms with E-state index >= 15 is 0 Å². The van der Waals surface area contributed by atoms with Crippen LogP contribution in [-0.4, -0.2) is 24.5 Å². The summed E-state index contributed by atoms with van der Waals surface area (Å²) in [7, 11) is 0. The van der Waals surface area contributed by atoms with Gasteiger partial charge in [0.25, 0.3) is 0 Å². The molecule has 1 rings (SSSR count). The number of nitrogens with zero attached hydrogens (tertiary/aromatic N) is 1. The second-order valence-corrected chi connectivity index (χ2v) is 2.05. The van der Waals surface area contributed by atoms with E-state index in [1.807, 2.05) is 0 Å². The molecule has 1 heterocycles. The summed E-state index contributed by atoms with van der Waals surface area (Å²) in [5.41, 5.74) is 0. The minimum Gasteiger partial charge on any atom is -0.303 e. The van der Waals surface area contributed by atoms with E-state index in [-0.39, 0.29) is 0 Å². The Hall–Kier alpha value is -0.0400. The van der Waals surface area contributed by atoms with Gasteiger partial charge < -0.3 is 4.90 Å². The molecule has 0 aromatic rings. The molecule has 1 saturated heterocycles. The van der Waals surface area contributed by atoms with Gasteiger partial charge in [0.05, 0.1) is 0 Å². The van der Waals surface area contributed by atoms with E-state index in [9.17, 15) is 0 Å². The molecule has 1 nitrogen and oxygen atoms in total. The monoisotopic (exact) mass is 98.1 g/mol. The molecule has 41 valence electrons. The second kappa shape index (κ2) is 2.31. The second-order valence-electron chi connectivity index (χ2n) is 2.05. The maximum atomic E-state index is 3.79. The van der Waals surface area contributed by atoms with Gasteiger partial charge in [0.2, 0.25) is 0 Å². The van der Waals surface area contributed by atoms with Crippen LogP contribution < -0.4 is 0 Å². The lowest BCUT2D eigenvalue weighted by atomic mass is 10.4. The fourth-order valence-electron chi connectivity index (χ4n) is 1.01. The molecule has 0 bridgehead atoms. The summed E-state index contributed by atoms with van der Waals surface area (Å²) < 4.78 is 0. The highest BCUT2D eigenvalue weighted by atomic mass is 15.1. The van der Waals surface area contributed by atoms with Gasteiger partial charge in [-0.1, -0.05) is 0 Å². The molecule has 0 saturated carbocycles. The van der Waals surface area contributed by atoms with Crippen LogP contribution in [0.15, 0.2) is 0 Å². The first-order chi connectivity index (χ1) is 3.43. The molecule has 1 heteroatoms. The van der Waals surface area contributed by atoms with Crippen molar-refractivity contribution in [2.45, 2.75) is 12.8 Å². The van der Waals surface area contributed by atoms with Gasteiger partial charge in [-0.3, -0.25) is 0 Å². The van der Waals surface area contributed by atoms with E-state index in [2.05, 4.69) is 11.8 Å². The van der Waals surface area contributed by atoms with Gasteiger partial charge in [-0.15, -0.1) is 0 Å². The third-order valence-corrected chi connectivity index (χ3v) is 1.51. The summed E-state index contributed by atoms with van der Waals surface area (Å²) in [6, 6.07) is 0. The molecule has 0 aromatic carbocycles. The van der Waals surface area contributed by atoms with Crippen molar-refractivity contribution >= 4 is 0 Å². The Bertz CT molecular complexity index is 46.1. The molecule has 1 fully saturated rings. The Morgan fingerprint density at radius 2 is 1.86 bits per heavy atom. The van der Waals surface area contributed by atoms with Gasteiger partial charge in [0, 0.05) is 0 Å². The largest absolute Gasteiger partial charge is 0.303 e. The van der Waals surface area contributed by atoms with Gasteiger partial charge in [0.1, 0.15) is 0 Å². The SMILES string of the molecule is [CH2]CN1CCCC1. The van der Waals surface area contributed by atoms with Crippen molar-refractivity contribution in [1.82, 2.24) is 4.90 Å². The van der Waals surface area contributed by atoms with Crippen LogP contribution in [0.1, 0.15) is 12.8 Å². The highest BCUT2D eigenvalue weighted by Crippen LogP contribution is 2.04. The molecule has 7 heavy (non-hydrogen) atoms. The Balaban J connectivity index is 2.14. The topological polar surface area (TPSA) is 3.24 Å². The van der Waals surface area contributed by atoms with Crippen LogP contribution in [0.25, 0.3) is 0 Å². The van der Waals surface area contributed by atoms with E-state index in [0.717, 1.165) is 6.54 Å². The molecular formula is C6H12N. The molecule has 0 unspecified atom stereocenters. The summed E-state index contributed by atoms with van der Waals surface area (Å²) in [6.07, 6.45) is 2.77. The van der Waals surface area contributed by atoms with Crippen LogP contribution in [0, 0.1) is 6.92 Å². The number of hydrogen-bond acceptors (Lipinski definition) is 1. The smallest absolute Gasteiger partial charge is 0.00183 e. The van der Waals surface area contributed by atoms with Gasteiger partial charge in [0.15, 0.2) is 0 Å². The number of likely N-dealkylation sites (tertiary alicyclic amines) is 1. The summed E-state index contributed by atoms with van der Waals surface area (Å²) in [5, 5.41) is 0. The van der Waals surface area contributed by atoms with Crippen molar-refractivity contribution < 1.29 is 0 Å². The fraction of sp³-hybridized carbons (Fsp3) is 0.833. The van der Waals surface area contributed by atoms with E-state index in [0.29, 0.717) is 0 Å². The van der Waals surface area contributed by atoms with Crippen molar-refractivity contribution in [3.63, 3.8) is 0 Å². The van der Waals surface area contributed by atoms with Crippen LogP contribution >= 0.6 is 0 Å². The highest BCUT2D eigenvalue weighted by Gasteiger charge is 2.06. The predicted octanol–water partition coefficient (Wildman–Crippen LogP) is 0.916. The van der Waals surface area contributed by atoms with Crippen molar-refractivity contribution in [3.8, 4) is 0 Å². The molecule has 0 aromatic heterocycles. The number of rotatable bonds is 1. The minimum absolute atomic E-state index is 1.00. The molecule has 0 atom stereocenters. The summed E-state index contributed by atoms with van der Waals surface area (Å²) in [6.45, 7) is 7.36. The van der Waals surface area contributed by atoms with Crippen molar-refractivity contribution in [1.29, 1.82) is 0 Å². The van der Waals surface area contributed by atoms with Gasteiger partial charge in [-0.2, -0.15) is 0 Å². The predicted molar refractivity (Wildman–Crippen MR) is 31.0 cm³/mol. The normalized spacial score (nSPS) is 23.6. The highest BCUT2D eigenvalue weighted by molar-refractivity contribution is 4.65. The summed E-state index contributed by atoms with van der Waals surface area (Å²) in [5.74, 6) is 0. The third-order valence-electron chi connectivity index (χ3n) is 1.51. The standard InChI is InChI=1S/C6H12N/c1-2-7-5-3-4-6-7/h1-6H2. The van der Waals surface area contributed by atoms with Gasteiger partial charge >= 0.3 is 0 Å². The Morgan fingerprint density at radius 3 is 2.14 bits per heavy atom. The minimum atomic E-state index is 1.00. The maximum absolute atomic E-state index is 3.79. The zero-order valence-corrected chi connectivity index (χ0v) is 4.69. The van der Waals surface area contributed by atoms with Crippen LogP contribution in [0.3, 0.4) is 0 Å². The van der Waals surface area contributed by atoms with Gasteiger partial charge in [-0.25, -0.2) is 0 Å². The molecular weight excluding hydrogens is 86.1 g/mol. The first-order valence-corrected chi connectivity index (χ1v) is 2.95. The third kappa shape index (κ3) is 1.16. The Morgan fingerprint density at radius 1 is 1.29 bits per heavy atom. The first kappa shape index (κ1) is 5.10. The van der Waals surface area contributed by atoms with Crippen LogP contribution in [0.5, 0.6) is 0 Å². The zero-order chi connectivity index (χ0) is 5.11. The average molecular weight is 98.2 g/mol. The van der Waals surface area contributed by atoms with Crippen molar-refractivity contribution in [2.75, 3.05) is 19.6 Å². The van der Waals surface area contributed by atoms with Crippen molar-refractivity contribution in [2.24, 2.45) is 0 Å². The van der Waals surface area contributed by atoms with Crippen LogP contribution in [0.4, 0.5) is 0 Å².